The Labute approximate surface area is 148 Å². The quantitative estimate of drug-likeness (QED) is 0.868. The number of carbonyl (C=O) groups is 2. The summed E-state index contributed by atoms with van der Waals surface area (Å²) in [7, 11) is 2.14. The zero-order valence-electron chi connectivity index (χ0n) is 14.5. The molecule has 1 fully saturated rings. The Balaban J connectivity index is 1.70. The van der Waals surface area contributed by atoms with Crippen molar-refractivity contribution < 1.29 is 14.5 Å². The maximum Gasteiger partial charge on any atom is 0.256 e. The van der Waals surface area contributed by atoms with Gasteiger partial charge in [0.05, 0.1) is 50.9 Å². The second-order valence-electron chi connectivity index (χ2n) is 6.51. The van der Waals surface area contributed by atoms with E-state index >= 15 is 0 Å². The fourth-order valence-corrected chi connectivity index (χ4v) is 3.02. The molecule has 5 heteroatoms. The number of anilines is 1. The molecule has 3 rings (SSSR count). The van der Waals surface area contributed by atoms with Crippen molar-refractivity contribution in [2.45, 2.75) is 6.42 Å². The lowest BCUT2D eigenvalue weighted by Gasteiger charge is -2.30. The first-order chi connectivity index (χ1) is 12.1. The summed E-state index contributed by atoms with van der Waals surface area (Å²) >= 11 is 0. The highest BCUT2D eigenvalue weighted by Crippen LogP contribution is 2.18. The molecular weight excluding hydrogens is 314 g/mol. The van der Waals surface area contributed by atoms with Crippen LogP contribution in [0.4, 0.5) is 5.69 Å². The Morgan fingerprint density at radius 2 is 1.64 bits per heavy atom. The lowest BCUT2D eigenvalue weighted by Crippen LogP contribution is -3.12. The number of piperazine rings is 1. The number of carbonyl (C=O) groups excluding carboxylic acids is 2. The molecule has 2 aromatic carbocycles. The van der Waals surface area contributed by atoms with E-state index in [2.05, 4.69) is 12.4 Å². The minimum Gasteiger partial charge on any atom is -0.334 e. The van der Waals surface area contributed by atoms with Gasteiger partial charge in [0, 0.05) is 0 Å². The summed E-state index contributed by atoms with van der Waals surface area (Å²) in [6, 6.07) is 16.8. The van der Waals surface area contributed by atoms with Crippen LogP contribution < -0.4 is 10.2 Å². The zero-order chi connectivity index (χ0) is 17.6. The van der Waals surface area contributed by atoms with Crippen molar-refractivity contribution >= 4 is 17.5 Å². The molecule has 0 saturated carbocycles. The summed E-state index contributed by atoms with van der Waals surface area (Å²) in [6.45, 7) is 3.40. The Morgan fingerprint density at radius 3 is 2.36 bits per heavy atom. The zero-order valence-corrected chi connectivity index (χ0v) is 14.5. The summed E-state index contributed by atoms with van der Waals surface area (Å²) in [5.74, 6) is -0.127. The van der Waals surface area contributed by atoms with E-state index in [-0.39, 0.29) is 11.8 Å². The van der Waals surface area contributed by atoms with Gasteiger partial charge in [-0.3, -0.25) is 9.59 Å². The second-order valence-corrected chi connectivity index (χ2v) is 6.51. The molecular formula is C20H24N3O2+. The fourth-order valence-electron chi connectivity index (χ4n) is 3.02. The monoisotopic (exact) mass is 338 g/mol. The molecule has 0 atom stereocenters. The highest BCUT2D eigenvalue weighted by Gasteiger charge is 2.24. The standard InChI is InChI=1S/C20H23N3O2/c1-22-11-13-23(14-12-22)20(25)17-9-5-6-10-18(17)21-19(24)15-16-7-3-2-4-8-16/h2-10H,11-15H2,1H3,(H,21,24)/p+1. The van der Waals surface area contributed by atoms with Crippen molar-refractivity contribution in [3.8, 4) is 0 Å². The van der Waals surface area contributed by atoms with Gasteiger partial charge in [-0.1, -0.05) is 42.5 Å². The molecule has 2 amide bonds. The Morgan fingerprint density at radius 1 is 1.00 bits per heavy atom. The summed E-state index contributed by atoms with van der Waals surface area (Å²) in [5.41, 5.74) is 2.09. The Hall–Kier alpha value is -2.66. The van der Waals surface area contributed by atoms with Crippen molar-refractivity contribution in [3.05, 3.63) is 65.7 Å². The number of hydrogen-bond donors (Lipinski definition) is 2. The van der Waals surface area contributed by atoms with E-state index in [4.69, 9.17) is 0 Å². The third kappa shape index (κ3) is 4.45. The Bertz CT molecular complexity index is 738. The molecule has 0 radical (unpaired) electrons. The van der Waals surface area contributed by atoms with E-state index in [1.807, 2.05) is 47.4 Å². The molecule has 0 bridgehead atoms. The van der Waals surface area contributed by atoms with Crippen molar-refractivity contribution in [2.75, 3.05) is 38.5 Å². The van der Waals surface area contributed by atoms with E-state index < -0.39 is 0 Å². The molecule has 0 unspecified atom stereocenters. The first-order valence-electron chi connectivity index (χ1n) is 8.67. The van der Waals surface area contributed by atoms with E-state index in [9.17, 15) is 9.59 Å². The number of quaternary nitrogens is 1. The molecule has 1 aliphatic rings. The van der Waals surface area contributed by atoms with Crippen molar-refractivity contribution in [3.63, 3.8) is 0 Å². The van der Waals surface area contributed by atoms with Gasteiger partial charge >= 0.3 is 0 Å². The molecule has 2 N–H and O–H groups in total. The number of benzene rings is 2. The molecule has 5 nitrogen and oxygen atoms in total. The van der Waals surface area contributed by atoms with Gasteiger partial charge in [-0.2, -0.15) is 0 Å². The number of nitrogens with one attached hydrogen (secondary N) is 2. The third-order valence-corrected chi connectivity index (χ3v) is 4.54. The average Bonchev–Trinajstić information content (AvgIpc) is 2.63. The lowest BCUT2D eigenvalue weighted by molar-refractivity contribution is -0.883. The van der Waals surface area contributed by atoms with Crippen LogP contribution in [0.15, 0.2) is 54.6 Å². The van der Waals surface area contributed by atoms with Gasteiger partial charge in [0.1, 0.15) is 0 Å². The maximum atomic E-state index is 12.8. The number of para-hydroxylation sites is 1. The largest absolute Gasteiger partial charge is 0.334 e. The number of nitrogens with zero attached hydrogens (tertiary/aromatic N) is 1. The summed E-state index contributed by atoms with van der Waals surface area (Å²) in [5, 5.41) is 2.90. The van der Waals surface area contributed by atoms with Gasteiger partial charge in [-0.05, 0) is 17.7 Å². The van der Waals surface area contributed by atoms with Crippen LogP contribution in [-0.2, 0) is 11.2 Å². The van der Waals surface area contributed by atoms with Crippen molar-refractivity contribution in [1.29, 1.82) is 0 Å². The summed E-state index contributed by atoms with van der Waals surface area (Å²) in [4.78, 5) is 28.5. The molecule has 1 heterocycles. The van der Waals surface area contributed by atoms with Gasteiger partial charge < -0.3 is 15.1 Å². The maximum absolute atomic E-state index is 12.8. The third-order valence-electron chi connectivity index (χ3n) is 4.54. The highest BCUT2D eigenvalue weighted by molar-refractivity contribution is 6.04. The molecule has 1 aliphatic heterocycles. The molecule has 0 spiro atoms. The van der Waals surface area contributed by atoms with Crippen LogP contribution in [0.2, 0.25) is 0 Å². The number of amides is 2. The predicted molar refractivity (Wildman–Crippen MR) is 97.7 cm³/mol. The Kier molecular flexibility index (Phi) is 5.46. The molecule has 1 saturated heterocycles. The lowest BCUT2D eigenvalue weighted by atomic mass is 10.1. The summed E-state index contributed by atoms with van der Waals surface area (Å²) < 4.78 is 0. The van der Waals surface area contributed by atoms with E-state index in [0.717, 1.165) is 31.7 Å². The predicted octanol–water partition coefficient (Wildman–Crippen LogP) is 0.838. The molecule has 0 aromatic heterocycles. The molecule has 0 aliphatic carbocycles. The van der Waals surface area contributed by atoms with Crippen molar-refractivity contribution in [2.24, 2.45) is 0 Å². The van der Waals surface area contributed by atoms with Crippen molar-refractivity contribution in [1.82, 2.24) is 4.90 Å². The second kappa shape index (κ2) is 7.94. The molecule has 130 valence electrons. The fraction of sp³-hybridized carbons (Fsp3) is 0.300. The highest BCUT2D eigenvalue weighted by atomic mass is 16.2. The van der Waals surface area contributed by atoms with Crippen LogP contribution in [0.1, 0.15) is 15.9 Å². The van der Waals surface area contributed by atoms with Crippen LogP contribution in [0.25, 0.3) is 0 Å². The first-order valence-corrected chi connectivity index (χ1v) is 8.67. The smallest absolute Gasteiger partial charge is 0.256 e. The number of likely N-dealkylation sites (N-methyl/N-ethyl adjacent to an activating group) is 1. The molecule has 2 aromatic rings. The first kappa shape index (κ1) is 17.2. The average molecular weight is 338 g/mol. The van der Waals surface area contributed by atoms with Crippen LogP contribution >= 0.6 is 0 Å². The van der Waals surface area contributed by atoms with Gasteiger partial charge in [-0.25, -0.2) is 0 Å². The van der Waals surface area contributed by atoms with E-state index in [1.54, 1.807) is 12.1 Å². The normalized spacial score (nSPS) is 15.0. The van der Waals surface area contributed by atoms with Crippen LogP contribution in [0.3, 0.4) is 0 Å². The molecule has 25 heavy (non-hydrogen) atoms. The van der Waals surface area contributed by atoms with Gasteiger partial charge in [0.25, 0.3) is 5.91 Å². The number of rotatable bonds is 4. The van der Waals surface area contributed by atoms with Gasteiger partial charge in [-0.15, -0.1) is 0 Å². The topological polar surface area (TPSA) is 53.9 Å². The van der Waals surface area contributed by atoms with Crippen LogP contribution in [-0.4, -0.2) is 49.9 Å². The van der Waals surface area contributed by atoms with E-state index in [1.165, 1.54) is 4.90 Å². The van der Waals surface area contributed by atoms with Crippen LogP contribution in [0, 0.1) is 0 Å². The van der Waals surface area contributed by atoms with Gasteiger partial charge in [0.15, 0.2) is 0 Å². The SMILES string of the molecule is C[NH+]1CCN(C(=O)c2ccccc2NC(=O)Cc2ccccc2)CC1. The minimum atomic E-state index is -0.116. The van der Waals surface area contributed by atoms with E-state index in [0.29, 0.717) is 17.7 Å². The van der Waals surface area contributed by atoms with Gasteiger partial charge in [0.2, 0.25) is 5.91 Å². The summed E-state index contributed by atoms with van der Waals surface area (Å²) in [6.07, 6.45) is 0.293. The van der Waals surface area contributed by atoms with Crippen LogP contribution in [0.5, 0.6) is 0 Å². The number of hydrogen-bond acceptors (Lipinski definition) is 2. The minimum absolute atomic E-state index is 0.0110.